The van der Waals surface area contributed by atoms with Crippen molar-refractivity contribution in [3.63, 3.8) is 0 Å². The Morgan fingerprint density at radius 2 is 1.95 bits per heavy atom. The molecule has 0 aromatic rings. The molecular formula is C16H30N2O. The average molecular weight is 266 g/mol. The van der Waals surface area contributed by atoms with Gasteiger partial charge in [0, 0.05) is 6.04 Å². The minimum absolute atomic E-state index is 0.0689. The van der Waals surface area contributed by atoms with Crippen LogP contribution in [-0.2, 0) is 4.79 Å². The molecule has 1 saturated heterocycles. The van der Waals surface area contributed by atoms with Gasteiger partial charge in [0.1, 0.15) is 0 Å². The van der Waals surface area contributed by atoms with E-state index >= 15 is 0 Å². The van der Waals surface area contributed by atoms with Gasteiger partial charge in [-0.15, -0.1) is 0 Å². The van der Waals surface area contributed by atoms with Crippen LogP contribution in [0.2, 0.25) is 0 Å². The maximum atomic E-state index is 12.6. The van der Waals surface area contributed by atoms with E-state index in [4.69, 9.17) is 0 Å². The number of amides is 1. The summed E-state index contributed by atoms with van der Waals surface area (Å²) in [5, 5.41) is 3.58. The summed E-state index contributed by atoms with van der Waals surface area (Å²) in [5.41, 5.74) is 0. The first-order valence-electron chi connectivity index (χ1n) is 8.16. The van der Waals surface area contributed by atoms with Crippen LogP contribution in [0.25, 0.3) is 0 Å². The van der Waals surface area contributed by atoms with Crippen LogP contribution in [0.4, 0.5) is 0 Å². The Balaban J connectivity index is 2.00. The van der Waals surface area contributed by atoms with Gasteiger partial charge in [-0.3, -0.25) is 10.1 Å². The summed E-state index contributed by atoms with van der Waals surface area (Å²) >= 11 is 0. The van der Waals surface area contributed by atoms with Gasteiger partial charge in [-0.1, -0.05) is 40.5 Å². The first-order valence-corrected chi connectivity index (χ1v) is 8.16. The summed E-state index contributed by atoms with van der Waals surface area (Å²) in [5.74, 6) is 1.72. The average Bonchev–Trinajstić information content (AvgIpc) is 3.01. The molecule has 19 heavy (non-hydrogen) atoms. The molecule has 1 saturated carbocycles. The van der Waals surface area contributed by atoms with Crippen LogP contribution in [0.1, 0.15) is 66.2 Å². The zero-order valence-corrected chi connectivity index (χ0v) is 13.0. The van der Waals surface area contributed by atoms with Crippen molar-refractivity contribution in [2.24, 2.45) is 11.8 Å². The molecule has 0 aromatic carbocycles. The fourth-order valence-electron chi connectivity index (χ4n) is 3.50. The second-order valence-electron chi connectivity index (χ2n) is 6.75. The van der Waals surface area contributed by atoms with E-state index in [1.165, 1.54) is 19.3 Å². The minimum Gasteiger partial charge on any atom is -0.323 e. The number of nitrogens with one attached hydrogen (secondary N) is 1. The van der Waals surface area contributed by atoms with Crippen molar-refractivity contribution < 1.29 is 4.79 Å². The molecule has 0 aromatic heterocycles. The number of hydrogen-bond donors (Lipinski definition) is 1. The predicted octanol–water partition coefficient (Wildman–Crippen LogP) is 3.15. The molecule has 2 fully saturated rings. The van der Waals surface area contributed by atoms with Crippen LogP contribution in [-0.4, -0.2) is 29.1 Å². The second kappa shape index (κ2) is 6.25. The minimum atomic E-state index is 0.0689. The van der Waals surface area contributed by atoms with Crippen LogP contribution >= 0.6 is 0 Å². The van der Waals surface area contributed by atoms with Gasteiger partial charge in [0.2, 0.25) is 5.91 Å². The summed E-state index contributed by atoms with van der Waals surface area (Å²) < 4.78 is 0. The van der Waals surface area contributed by atoms with Gasteiger partial charge in [0.05, 0.1) is 12.2 Å². The quantitative estimate of drug-likeness (QED) is 0.768. The summed E-state index contributed by atoms with van der Waals surface area (Å²) in [6.45, 7) is 8.84. The lowest BCUT2D eigenvalue weighted by molar-refractivity contribution is -0.131. The zero-order valence-electron chi connectivity index (χ0n) is 13.0. The van der Waals surface area contributed by atoms with Gasteiger partial charge in [-0.2, -0.15) is 0 Å². The fourth-order valence-corrected chi connectivity index (χ4v) is 3.50. The Morgan fingerprint density at radius 3 is 2.53 bits per heavy atom. The molecule has 2 rings (SSSR count). The molecule has 0 spiro atoms. The number of carbonyl (C=O) groups is 1. The maximum Gasteiger partial charge on any atom is 0.241 e. The Hall–Kier alpha value is -0.570. The second-order valence-corrected chi connectivity index (χ2v) is 6.75. The van der Waals surface area contributed by atoms with Crippen molar-refractivity contribution in [2.75, 3.05) is 0 Å². The van der Waals surface area contributed by atoms with Crippen molar-refractivity contribution in [1.29, 1.82) is 0 Å². The third kappa shape index (κ3) is 3.31. The Bertz CT molecular complexity index is 316. The van der Waals surface area contributed by atoms with Crippen LogP contribution in [0, 0.1) is 11.8 Å². The summed E-state index contributed by atoms with van der Waals surface area (Å²) in [6.07, 6.45) is 7.26. The van der Waals surface area contributed by atoms with E-state index in [0.717, 1.165) is 25.2 Å². The molecule has 0 bridgehead atoms. The molecule has 1 N–H and O–H groups in total. The van der Waals surface area contributed by atoms with Crippen molar-refractivity contribution in [2.45, 2.75) is 84.5 Å². The molecule has 110 valence electrons. The lowest BCUT2D eigenvalue weighted by Crippen LogP contribution is -2.39. The fraction of sp³-hybridized carbons (Fsp3) is 0.938. The van der Waals surface area contributed by atoms with E-state index in [9.17, 15) is 4.79 Å². The molecule has 1 heterocycles. The summed E-state index contributed by atoms with van der Waals surface area (Å²) in [4.78, 5) is 14.8. The van der Waals surface area contributed by atoms with Crippen LogP contribution < -0.4 is 5.32 Å². The van der Waals surface area contributed by atoms with E-state index in [1.54, 1.807) is 0 Å². The molecule has 3 nitrogen and oxygen atoms in total. The molecule has 0 radical (unpaired) electrons. The molecular weight excluding hydrogens is 236 g/mol. The van der Waals surface area contributed by atoms with E-state index in [-0.39, 0.29) is 6.04 Å². The molecule has 1 amide bonds. The highest BCUT2D eigenvalue weighted by atomic mass is 16.2. The molecule has 1 aliphatic carbocycles. The van der Waals surface area contributed by atoms with Gasteiger partial charge in [-0.25, -0.2) is 0 Å². The monoisotopic (exact) mass is 266 g/mol. The van der Waals surface area contributed by atoms with Crippen molar-refractivity contribution >= 4 is 5.91 Å². The van der Waals surface area contributed by atoms with E-state index in [1.807, 2.05) is 0 Å². The lowest BCUT2D eigenvalue weighted by Gasteiger charge is -2.24. The van der Waals surface area contributed by atoms with Gasteiger partial charge >= 0.3 is 0 Å². The summed E-state index contributed by atoms with van der Waals surface area (Å²) in [6, 6.07) is 0.605. The van der Waals surface area contributed by atoms with Crippen LogP contribution in [0.15, 0.2) is 0 Å². The van der Waals surface area contributed by atoms with Gasteiger partial charge in [-0.05, 0) is 37.5 Å². The topological polar surface area (TPSA) is 32.3 Å². The van der Waals surface area contributed by atoms with Gasteiger partial charge in [0.15, 0.2) is 0 Å². The van der Waals surface area contributed by atoms with Gasteiger partial charge < -0.3 is 4.90 Å². The third-order valence-corrected chi connectivity index (χ3v) is 4.45. The number of carbonyl (C=O) groups excluding carboxylic acids is 1. The Morgan fingerprint density at radius 1 is 1.26 bits per heavy atom. The normalized spacial score (nSPS) is 34.4. The Labute approximate surface area is 118 Å². The lowest BCUT2D eigenvalue weighted by atomic mass is 10.0. The highest BCUT2D eigenvalue weighted by molar-refractivity contribution is 5.85. The smallest absolute Gasteiger partial charge is 0.241 e. The predicted molar refractivity (Wildman–Crippen MR) is 78.7 cm³/mol. The SMILES string of the molecule is CCCC1CC1N1C(=O)C(CC(C)C)NC1CCC. The number of rotatable bonds is 7. The van der Waals surface area contributed by atoms with Gasteiger partial charge in [0.25, 0.3) is 0 Å². The van der Waals surface area contributed by atoms with E-state index in [0.29, 0.717) is 24.0 Å². The largest absolute Gasteiger partial charge is 0.323 e. The highest BCUT2D eigenvalue weighted by Crippen LogP contribution is 2.42. The standard InChI is InChI=1S/C16H30N2O/c1-5-7-12-10-14(12)18-15(8-6-2)17-13(16(18)19)9-11(3)4/h11-15,17H,5-10H2,1-4H3. The zero-order chi connectivity index (χ0) is 14.0. The van der Waals surface area contributed by atoms with Crippen molar-refractivity contribution in [3.05, 3.63) is 0 Å². The third-order valence-electron chi connectivity index (χ3n) is 4.45. The van der Waals surface area contributed by atoms with Crippen LogP contribution in [0.5, 0.6) is 0 Å². The van der Waals surface area contributed by atoms with Crippen molar-refractivity contribution in [3.8, 4) is 0 Å². The first-order chi connectivity index (χ1) is 9.08. The summed E-state index contributed by atoms with van der Waals surface area (Å²) in [7, 11) is 0. The van der Waals surface area contributed by atoms with Crippen LogP contribution in [0.3, 0.4) is 0 Å². The molecule has 4 unspecified atom stereocenters. The maximum absolute atomic E-state index is 12.6. The van der Waals surface area contributed by atoms with E-state index < -0.39 is 0 Å². The first kappa shape index (κ1) is 14.8. The number of nitrogens with zero attached hydrogens (tertiary/aromatic N) is 1. The molecule has 3 heteroatoms. The number of hydrogen-bond acceptors (Lipinski definition) is 2. The Kier molecular flexibility index (Phi) is 4.88. The molecule has 2 aliphatic rings. The van der Waals surface area contributed by atoms with E-state index in [2.05, 4.69) is 37.9 Å². The molecule has 1 aliphatic heterocycles. The highest BCUT2D eigenvalue weighted by Gasteiger charge is 2.50. The molecule has 4 atom stereocenters. The van der Waals surface area contributed by atoms with Crippen molar-refractivity contribution in [1.82, 2.24) is 10.2 Å².